The van der Waals surface area contributed by atoms with Gasteiger partial charge in [-0.2, -0.15) is 0 Å². The summed E-state index contributed by atoms with van der Waals surface area (Å²) in [6.45, 7) is 0.141. The lowest BCUT2D eigenvalue weighted by Crippen LogP contribution is -2.05. The maximum Gasteiger partial charge on any atom is 0.332 e. The second kappa shape index (κ2) is 10.2. The summed E-state index contributed by atoms with van der Waals surface area (Å²) in [6.07, 6.45) is 3.06. The van der Waals surface area contributed by atoms with Crippen molar-refractivity contribution < 1.29 is 42.7 Å². The third-order valence-corrected chi connectivity index (χ3v) is 5.24. The summed E-state index contributed by atoms with van der Waals surface area (Å²) in [5, 5.41) is 9.93. The molecule has 0 bridgehead atoms. The number of benzene rings is 2. The average Bonchev–Trinajstić information content (AvgIpc) is 3.50. The molecule has 0 saturated heterocycles. The number of furan rings is 1. The molecule has 0 atom stereocenters. The summed E-state index contributed by atoms with van der Waals surface area (Å²) in [5.41, 5.74) is 2.09. The van der Waals surface area contributed by atoms with Gasteiger partial charge in [0.25, 0.3) is 0 Å². The first kappa shape index (κ1) is 23.1. The van der Waals surface area contributed by atoms with Crippen molar-refractivity contribution in [2.24, 2.45) is 0 Å². The van der Waals surface area contributed by atoms with Crippen LogP contribution in [0.3, 0.4) is 0 Å². The number of carboxylic acids is 1. The molecule has 178 valence electrons. The van der Waals surface area contributed by atoms with Gasteiger partial charge in [-0.15, -0.1) is 0 Å². The summed E-state index contributed by atoms with van der Waals surface area (Å²) in [6, 6.07) is 10.5. The Kier molecular flexibility index (Phi) is 6.93. The number of aliphatic carboxylic acids is 1. The van der Waals surface area contributed by atoms with E-state index in [1.165, 1.54) is 26.6 Å². The predicted molar refractivity (Wildman–Crippen MR) is 122 cm³/mol. The van der Waals surface area contributed by atoms with Crippen molar-refractivity contribution >= 4 is 12.0 Å². The fourth-order valence-corrected chi connectivity index (χ4v) is 3.59. The molecule has 0 radical (unpaired) electrons. The highest BCUT2D eigenvalue weighted by molar-refractivity contribution is 5.94. The number of fused-ring (bicyclic) bond motifs is 1. The van der Waals surface area contributed by atoms with Gasteiger partial charge >= 0.3 is 5.97 Å². The number of carbonyl (C=O) groups is 1. The van der Waals surface area contributed by atoms with Gasteiger partial charge in [0.2, 0.25) is 6.79 Å². The summed E-state index contributed by atoms with van der Waals surface area (Å²) in [5.74, 6) is 1.98. The lowest BCUT2D eigenvalue weighted by atomic mass is 10.00. The molecule has 34 heavy (non-hydrogen) atoms. The smallest absolute Gasteiger partial charge is 0.332 e. The van der Waals surface area contributed by atoms with Crippen LogP contribution in [0.25, 0.3) is 17.2 Å². The van der Waals surface area contributed by atoms with Crippen LogP contribution in [-0.2, 0) is 16.0 Å². The minimum absolute atomic E-state index is 0.0352. The highest BCUT2D eigenvalue weighted by Crippen LogP contribution is 2.40. The van der Waals surface area contributed by atoms with Gasteiger partial charge in [-0.3, -0.25) is 0 Å². The molecular formula is C25H24O9. The van der Waals surface area contributed by atoms with Gasteiger partial charge in [0.1, 0.15) is 23.0 Å². The van der Waals surface area contributed by atoms with Crippen molar-refractivity contribution in [2.75, 3.05) is 34.9 Å². The molecule has 1 N–H and O–H groups in total. The summed E-state index contributed by atoms with van der Waals surface area (Å²) < 4.78 is 37.9. The summed E-state index contributed by atoms with van der Waals surface area (Å²) >= 11 is 0. The van der Waals surface area contributed by atoms with Crippen molar-refractivity contribution in [1.29, 1.82) is 0 Å². The molecular weight excluding hydrogens is 444 g/mol. The van der Waals surface area contributed by atoms with Crippen molar-refractivity contribution in [3.05, 3.63) is 59.6 Å². The Morgan fingerprint density at radius 2 is 1.79 bits per heavy atom. The Morgan fingerprint density at radius 3 is 2.50 bits per heavy atom. The Hall–Kier alpha value is -4.11. The second-order valence-corrected chi connectivity index (χ2v) is 7.28. The number of hydrogen-bond acceptors (Lipinski definition) is 8. The molecule has 0 unspecified atom stereocenters. The minimum Gasteiger partial charge on any atom is -0.497 e. The normalized spacial score (nSPS) is 12.5. The third kappa shape index (κ3) is 4.79. The Morgan fingerprint density at radius 1 is 1.00 bits per heavy atom. The molecule has 1 aliphatic heterocycles. The first-order valence-corrected chi connectivity index (χ1v) is 10.3. The van der Waals surface area contributed by atoms with E-state index in [1.807, 2.05) is 6.07 Å². The predicted octanol–water partition coefficient (Wildman–Crippen LogP) is 4.39. The van der Waals surface area contributed by atoms with E-state index in [2.05, 4.69) is 0 Å². The monoisotopic (exact) mass is 468 g/mol. The molecule has 2 heterocycles. The third-order valence-electron chi connectivity index (χ3n) is 5.24. The maximum atomic E-state index is 12.1. The summed E-state index contributed by atoms with van der Waals surface area (Å²) in [7, 11) is 4.60. The fourth-order valence-electron chi connectivity index (χ4n) is 3.59. The molecule has 0 aliphatic carbocycles. The van der Waals surface area contributed by atoms with Gasteiger partial charge in [0.15, 0.2) is 18.3 Å². The van der Waals surface area contributed by atoms with Gasteiger partial charge in [-0.1, -0.05) is 0 Å². The SMILES string of the molecule is COCOc1cc(OC)ccc1-c1ccoc1/C=C(\Cc1cc2c(cc1OC)OCO2)C(=O)O. The first-order valence-electron chi connectivity index (χ1n) is 10.3. The Balaban J connectivity index is 1.71. The number of methoxy groups -OCH3 is 3. The molecule has 1 aromatic heterocycles. The molecule has 0 spiro atoms. The highest BCUT2D eigenvalue weighted by Gasteiger charge is 2.21. The molecule has 0 saturated carbocycles. The van der Waals surface area contributed by atoms with Crippen LogP contribution < -0.4 is 23.7 Å². The molecule has 0 fully saturated rings. The van der Waals surface area contributed by atoms with E-state index in [0.717, 1.165) is 0 Å². The first-order chi connectivity index (χ1) is 16.5. The molecule has 3 aromatic rings. The van der Waals surface area contributed by atoms with Crippen molar-refractivity contribution in [2.45, 2.75) is 6.42 Å². The molecule has 9 nitrogen and oxygen atoms in total. The fraction of sp³-hybridized carbons (Fsp3) is 0.240. The van der Waals surface area contributed by atoms with Crippen LogP contribution in [0.2, 0.25) is 0 Å². The van der Waals surface area contributed by atoms with Crippen LogP contribution in [0, 0.1) is 0 Å². The van der Waals surface area contributed by atoms with Crippen molar-refractivity contribution in [1.82, 2.24) is 0 Å². The second-order valence-electron chi connectivity index (χ2n) is 7.28. The van der Waals surface area contributed by atoms with Gasteiger partial charge in [-0.25, -0.2) is 4.79 Å². The van der Waals surface area contributed by atoms with Crippen LogP contribution >= 0.6 is 0 Å². The minimum atomic E-state index is -1.09. The quantitative estimate of drug-likeness (QED) is 0.343. The van der Waals surface area contributed by atoms with Gasteiger partial charge in [-0.05, 0) is 30.3 Å². The zero-order chi connectivity index (χ0) is 24.1. The average molecular weight is 468 g/mol. The van der Waals surface area contributed by atoms with Crippen LogP contribution in [0.1, 0.15) is 11.3 Å². The van der Waals surface area contributed by atoms with Crippen LogP contribution in [0.5, 0.6) is 28.7 Å². The van der Waals surface area contributed by atoms with Crippen molar-refractivity contribution in [3.63, 3.8) is 0 Å². The number of carboxylic acid groups (broad SMARTS) is 1. The number of rotatable bonds is 10. The number of hydrogen-bond donors (Lipinski definition) is 1. The van der Waals surface area contributed by atoms with Crippen LogP contribution in [-0.4, -0.2) is 46.0 Å². The van der Waals surface area contributed by atoms with Crippen LogP contribution in [0.4, 0.5) is 0 Å². The standard InChI is InChI=1S/C25H24O9/c1-28-13-32-22-11-17(29-2)4-5-18(22)19-6-7-31-21(19)10-16(25(26)27)8-15-9-23-24(34-14-33-23)12-20(15)30-3/h4-7,9-12H,8,13-14H2,1-3H3,(H,26,27)/b16-10+. The summed E-state index contributed by atoms with van der Waals surface area (Å²) in [4.78, 5) is 12.1. The largest absolute Gasteiger partial charge is 0.497 e. The molecule has 9 heteroatoms. The molecule has 1 aliphatic rings. The molecule has 2 aromatic carbocycles. The topological polar surface area (TPSA) is 106 Å². The lowest BCUT2D eigenvalue weighted by Gasteiger charge is -2.13. The Labute approximate surface area is 196 Å². The van der Waals surface area contributed by atoms with E-state index >= 15 is 0 Å². The van der Waals surface area contributed by atoms with E-state index in [1.54, 1.807) is 37.4 Å². The van der Waals surface area contributed by atoms with Crippen molar-refractivity contribution in [3.8, 4) is 39.9 Å². The molecule has 0 amide bonds. The molecule has 4 rings (SSSR count). The zero-order valence-corrected chi connectivity index (χ0v) is 19.0. The van der Waals surface area contributed by atoms with E-state index in [9.17, 15) is 9.90 Å². The zero-order valence-electron chi connectivity index (χ0n) is 19.0. The van der Waals surface area contributed by atoms with E-state index in [0.29, 0.717) is 51.2 Å². The van der Waals surface area contributed by atoms with Gasteiger partial charge < -0.3 is 37.9 Å². The van der Waals surface area contributed by atoms with Crippen LogP contribution in [0.15, 0.2) is 52.7 Å². The Bertz CT molecular complexity index is 1210. The highest BCUT2D eigenvalue weighted by atomic mass is 16.7. The van der Waals surface area contributed by atoms with E-state index in [-0.39, 0.29) is 25.6 Å². The maximum absolute atomic E-state index is 12.1. The number of ether oxygens (including phenoxy) is 6. The lowest BCUT2D eigenvalue weighted by molar-refractivity contribution is -0.132. The van der Waals surface area contributed by atoms with Gasteiger partial charge in [0, 0.05) is 47.9 Å². The van der Waals surface area contributed by atoms with E-state index in [4.69, 9.17) is 32.8 Å². The van der Waals surface area contributed by atoms with E-state index < -0.39 is 5.97 Å². The van der Waals surface area contributed by atoms with Gasteiger partial charge in [0.05, 0.1) is 20.5 Å².